The number of aryl methyl sites for hydroxylation is 1. The summed E-state index contributed by atoms with van der Waals surface area (Å²) in [6.07, 6.45) is 4.70. The molecule has 16 heavy (non-hydrogen) atoms. The Labute approximate surface area is 95.2 Å². The maximum Gasteiger partial charge on any atom is 0.147 e. The molecule has 0 amide bonds. The summed E-state index contributed by atoms with van der Waals surface area (Å²) < 4.78 is 7.60. The largest absolute Gasteiger partial charge is 0.380 e. The van der Waals surface area contributed by atoms with Crippen LogP contribution in [0.3, 0.4) is 0 Å². The minimum Gasteiger partial charge on any atom is -0.380 e. The number of hydrogen-bond donors (Lipinski definition) is 1. The highest BCUT2D eigenvalue weighted by atomic mass is 16.5. The number of fused-ring (bicyclic) bond motifs is 1. The van der Waals surface area contributed by atoms with Crippen molar-refractivity contribution in [1.82, 2.24) is 20.1 Å². The first-order chi connectivity index (χ1) is 7.93. The fourth-order valence-corrected chi connectivity index (χ4v) is 2.43. The molecule has 0 radical (unpaired) electrons. The molecule has 1 N–H and O–H groups in total. The quantitative estimate of drug-likeness (QED) is 0.809. The Balaban J connectivity index is 1.63. The topological polar surface area (TPSA) is 52.0 Å². The van der Waals surface area contributed by atoms with Crippen LogP contribution in [0.25, 0.3) is 0 Å². The molecule has 3 heterocycles. The van der Waals surface area contributed by atoms with Gasteiger partial charge in [-0.05, 0) is 19.3 Å². The van der Waals surface area contributed by atoms with Crippen molar-refractivity contribution < 1.29 is 4.74 Å². The van der Waals surface area contributed by atoms with Crippen molar-refractivity contribution in [3.63, 3.8) is 0 Å². The fraction of sp³-hybridized carbons (Fsp3) is 0.818. The summed E-state index contributed by atoms with van der Waals surface area (Å²) in [6.45, 7) is 3.62. The average molecular weight is 222 g/mol. The zero-order chi connectivity index (χ0) is 10.8. The molecule has 2 aliphatic rings. The summed E-state index contributed by atoms with van der Waals surface area (Å²) in [5, 5.41) is 12.0. The van der Waals surface area contributed by atoms with Gasteiger partial charge < -0.3 is 14.6 Å². The molecule has 5 nitrogen and oxygen atoms in total. The molecular formula is C11H18N4O. The second kappa shape index (κ2) is 4.51. The smallest absolute Gasteiger partial charge is 0.147 e. The highest BCUT2D eigenvalue weighted by molar-refractivity contribution is 4.98. The van der Waals surface area contributed by atoms with E-state index >= 15 is 0 Å². The molecule has 2 aliphatic heterocycles. The van der Waals surface area contributed by atoms with Gasteiger partial charge in [-0.2, -0.15) is 0 Å². The maximum absolute atomic E-state index is 5.33. The molecule has 1 saturated heterocycles. The van der Waals surface area contributed by atoms with Gasteiger partial charge in [-0.1, -0.05) is 0 Å². The van der Waals surface area contributed by atoms with Crippen LogP contribution in [0.4, 0.5) is 0 Å². The van der Waals surface area contributed by atoms with E-state index in [1.165, 1.54) is 12.8 Å². The van der Waals surface area contributed by atoms with E-state index in [0.717, 1.165) is 50.8 Å². The number of nitrogens with one attached hydrogen (secondary N) is 1. The Morgan fingerprint density at radius 2 is 2.38 bits per heavy atom. The number of hydrogen-bond acceptors (Lipinski definition) is 4. The van der Waals surface area contributed by atoms with Gasteiger partial charge in [0.15, 0.2) is 0 Å². The molecule has 0 aromatic carbocycles. The third kappa shape index (κ3) is 1.97. The van der Waals surface area contributed by atoms with Crippen LogP contribution in [0.15, 0.2) is 0 Å². The highest BCUT2D eigenvalue weighted by Crippen LogP contribution is 2.14. The molecule has 1 fully saturated rings. The second-order valence-corrected chi connectivity index (χ2v) is 4.58. The summed E-state index contributed by atoms with van der Waals surface area (Å²) in [5.74, 6) is 2.24. The molecule has 1 unspecified atom stereocenters. The van der Waals surface area contributed by atoms with Crippen LogP contribution in [-0.2, 0) is 24.2 Å². The van der Waals surface area contributed by atoms with Crippen LogP contribution < -0.4 is 5.32 Å². The van der Waals surface area contributed by atoms with Crippen LogP contribution in [0.1, 0.15) is 30.9 Å². The molecular weight excluding hydrogens is 204 g/mol. The number of ether oxygens (including phenoxy) is 1. The standard InChI is InChI=1S/C11H18N4O/c1-2-5-15-10(3-1)13-14-11(15)7-12-9-4-6-16-8-9/h9,12H,1-8H2. The van der Waals surface area contributed by atoms with Gasteiger partial charge in [0.05, 0.1) is 13.2 Å². The molecule has 3 rings (SSSR count). The van der Waals surface area contributed by atoms with Crippen LogP contribution >= 0.6 is 0 Å². The van der Waals surface area contributed by atoms with E-state index in [0.29, 0.717) is 6.04 Å². The Hall–Kier alpha value is -0.940. The summed E-state index contributed by atoms with van der Waals surface area (Å²) >= 11 is 0. The van der Waals surface area contributed by atoms with Gasteiger partial charge in [-0.15, -0.1) is 10.2 Å². The van der Waals surface area contributed by atoms with Crippen LogP contribution in [0.2, 0.25) is 0 Å². The Bertz CT molecular complexity index is 357. The first-order valence-electron chi connectivity index (χ1n) is 6.15. The normalized spacial score (nSPS) is 24.6. The van der Waals surface area contributed by atoms with Gasteiger partial charge in [0.2, 0.25) is 0 Å². The Morgan fingerprint density at radius 3 is 3.25 bits per heavy atom. The van der Waals surface area contributed by atoms with E-state index in [4.69, 9.17) is 4.74 Å². The minimum absolute atomic E-state index is 0.497. The molecule has 0 bridgehead atoms. The maximum atomic E-state index is 5.33. The highest BCUT2D eigenvalue weighted by Gasteiger charge is 2.18. The molecule has 0 saturated carbocycles. The molecule has 0 spiro atoms. The third-order valence-corrected chi connectivity index (χ3v) is 3.41. The van der Waals surface area contributed by atoms with Crippen molar-refractivity contribution in [3.8, 4) is 0 Å². The first kappa shape index (κ1) is 10.2. The minimum atomic E-state index is 0.497. The van der Waals surface area contributed by atoms with E-state index in [2.05, 4.69) is 20.1 Å². The predicted octanol–water partition coefficient (Wildman–Crippen LogP) is 0.493. The van der Waals surface area contributed by atoms with Crippen LogP contribution in [-0.4, -0.2) is 34.0 Å². The van der Waals surface area contributed by atoms with Gasteiger partial charge in [-0.25, -0.2) is 0 Å². The van der Waals surface area contributed by atoms with Gasteiger partial charge in [0.1, 0.15) is 11.6 Å². The van der Waals surface area contributed by atoms with Gasteiger partial charge in [0, 0.05) is 25.6 Å². The molecule has 1 aromatic rings. The Morgan fingerprint density at radius 1 is 1.38 bits per heavy atom. The van der Waals surface area contributed by atoms with Gasteiger partial charge in [-0.3, -0.25) is 0 Å². The second-order valence-electron chi connectivity index (χ2n) is 4.58. The molecule has 0 aliphatic carbocycles. The number of nitrogens with zero attached hydrogens (tertiary/aromatic N) is 3. The molecule has 88 valence electrons. The lowest BCUT2D eigenvalue weighted by Crippen LogP contribution is -2.30. The lowest BCUT2D eigenvalue weighted by molar-refractivity contribution is 0.189. The summed E-state index contributed by atoms with van der Waals surface area (Å²) in [4.78, 5) is 0. The molecule has 1 aromatic heterocycles. The zero-order valence-electron chi connectivity index (χ0n) is 9.48. The fourth-order valence-electron chi connectivity index (χ4n) is 2.43. The number of aromatic nitrogens is 3. The van der Waals surface area contributed by atoms with Crippen molar-refractivity contribution in [1.29, 1.82) is 0 Å². The van der Waals surface area contributed by atoms with Crippen molar-refractivity contribution >= 4 is 0 Å². The summed E-state index contributed by atoms with van der Waals surface area (Å²) in [7, 11) is 0. The lowest BCUT2D eigenvalue weighted by Gasteiger charge is -2.16. The monoisotopic (exact) mass is 222 g/mol. The first-order valence-corrected chi connectivity index (χ1v) is 6.15. The van der Waals surface area contributed by atoms with Crippen molar-refractivity contribution in [2.45, 2.75) is 44.8 Å². The third-order valence-electron chi connectivity index (χ3n) is 3.41. The summed E-state index contributed by atoms with van der Waals surface area (Å²) in [6, 6.07) is 0.497. The Kier molecular flexibility index (Phi) is 2.88. The van der Waals surface area contributed by atoms with Crippen molar-refractivity contribution in [3.05, 3.63) is 11.6 Å². The lowest BCUT2D eigenvalue weighted by atomic mass is 10.1. The van der Waals surface area contributed by atoms with Crippen molar-refractivity contribution in [2.75, 3.05) is 13.2 Å². The van der Waals surface area contributed by atoms with E-state index < -0.39 is 0 Å². The van der Waals surface area contributed by atoms with Crippen molar-refractivity contribution in [2.24, 2.45) is 0 Å². The van der Waals surface area contributed by atoms with E-state index in [9.17, 15) is 0 Å². The van der Waals surface area contributed by atoms with Gasteiger partial charge >= 0.3 is 0 Å². The molecule has 1 atom stereocenters. The van der Waals surface area contributed by atoms with E-state index in [-0.39, 0.29) is 0 Å². The van der Waals surface area contributed by atoms with Crippen LogP contribution in [0.5, 0.6) is 0 Å². The number of rotatable bonds is 3. The predicted molar refractivity (Wildman–Crippen MR) is 59.0 cm³/mol. The van der Waals surface area contributed by atoms with Crippen LogP contribution in [0, 0.1) is 0 Å². The van der Waals surface area contributed by atoms with E-state index in [1.807, 2.05) is 0 Å². The average Bonchev–Trinajstić information content (AvgIpc) is 2.96. The summed E-state index contributed by atoms with van der Waals surface area (Å²) in [5.41, 5.74) is 0. The zero-order valence-corrected chi connectivity index (χ0v) is 9.48. The SMILES string of the molecule is C1CCn2c(nnc2CNC2CCOC2)C1. The van der Waals surface area contributed by atoms with Gasteiger partial charge in [0.25, 0.3) is 0 Å². The van der Waals surface area contributed by atoms with E-state index in [1.54, 1.807) is 0 Å². The molecule has 5 heteroatoms.